The predicted octanol–water partition coefficient (Wildman–Crippen LogP) is 2.42. The van der Waals surface area contributed by atoms with E-state index in [2.05, 4.69) is 29.4 Å². The van der Waals surface area contributed by atoms with Gasteiger partial charge in [0.05, 0.1) is 7.11 Å². The number of nitrogens with one attached hydrogen (secondary N) is 2. The number of hydrogen-bond donors (Lipinski definition) is 2. The second-order valence-corrected chi connectivity index (χ2v) is 4.61. The molecule has 1 heterocycles. The summed E-state index contributed by atoms with van der Waals surface area (Å²) in [5, 5.41) is 3.98. The third kappa shape index (κ3) is 2.89. The van der Waals surface area contributed by atoms with Gasteiger partial charge in [0.15, 0.2) is 0 Å². The molecule has 4 heteroatoms. The highest BCUT2D eigenvalue weighted by Crippen LogP contribution is 2.28. The molecule has 102 valence electrons. The van der Waals surface area contributed by atoms with Crippen molar-refractivity contribution in [3.63, 3.8) is 0 Å². The Hall–Kier alpha value is -1.97. The summed E-state index contributed by atoms with van der Waals surface area (Å²) in [5.74, 6) is 0.932. The number of ether oxygens (including phenoxy) is 1. The second kappa shape index (κ2) is 5.78. The minimum Gasteiger partial charge on any atom is -0.496 e. The number of carbonyl (C=O) groups is 1. The zero-order chi connectivity index (χ0) is 13.8. The lowest BCUT2D eigenvalue weighted by Gasteiger charge is -2.08. The van der Waals surface area contributed by atoms with Crippen molar-refractivity contribution in [3.8, 4) is 5.75 Å². The molecule has 0 atom stereocenters. The second-order valence-electron chi connectivity index (χ2n) is 4.61. The Bertz CT molecular complexity index is 587. The average Bonchev–Trinajstić information content (AvgIpc) is 2.79. The molecule has 0 bridgehead atoms. The van der Waals surface area contributed by atoms with Crippen molar-refractivity contribution in [2.45, 2.75) is 26.7 Å². The molecule has 1 amide bonds. The van der Waals surface area contributed by atoms with Gasteiger partial charge in [-0.1, -0.05) is 6.92 Å². The van der Waals surface area contributed by atoms with Crippen LogP contribution in [0, 0.1) is 0 Å². The summed E-state index contributed by atoms with van der Waals surface area (Å²) >= 11 is 0. The maximum absolute atomic E-state index is 10.9. The molecule has 1 aromatic heterocycles. The third-order valence-corrected chi connectivity index (χ3v) is 3.32. The number of amides is 1. The van der Waals surface area contributed by atoms with Crippen molar-refractivity contribution in [3.05, 3.63) is 29.5 Å². The summed E-state index contributed by atoms with van der Waals surface area (Å²) in [4.78, 5) is 14.2. The molecule has 0 aliphatic rings. The van der Waals surface area contributed by atoms with Crippen molar-refractivity contribution in [2.24, 2.45) is 0 Å². The molecule has 4 nitrogen and oxygen atoms in total. The van der Waals surface area contributed by atoms with E-state index in [9.17, 15) is 4.79 Å². The zero-order valence-electron chi connectivity index (χ0n) is 11.7. The number of H-pyrrole nitrogens is 1. The van der Waals surface area contributed by atoms with E-state index in [4.69, 9.17) is 4.74 Å². The molecule has 1 aromatic carbocycles. The van der Waals surface area contributed by atoms with Crippen LogP contribution in [-0.4, -0.2) is 24.5 Å². The van der Waals surface area contributed by atoms with Gasteiger partial charge in [0, 0.05) is 30.6 Å². The first kappa shape index (κ1) is 13.5. The summed E-state index contributed by atoms with van der Waals surface area (Å²) < 4.78 is 5.43. The largest absolute Gasteiger partial charge is 0.496 e. The van der Waals surface area contributed by atoms with Crippen LogP contribution in [0.5, 0.6) is 5.75 Å². The number of benzene rings is 1. The lowest BCUT2D eigenvalue weighted by molar-refractivity contribution is -0.118. The number of fused-ring (bicyclic) bond motifs is 1. The molecule has 19 heavy (non-hydrogen) atoms. The van der Waals surface area contributed by atoms with Crippen LogP contribution in [0.2, 0.25) is 0 Å². The van der Waals surface area contributed by atoms with E-state index >= 15 is 0 Å². The Kier molecular flexibility index (Phi) is 4.10. The summed E-state index contributed by atoms with van der Waals surface area (Å²) in [6, 6.07) is 4.21. The molecule has 2 aromatic rings. The average molecular weight is 260 g/mol. The van der Waals surface area contributed by atoms with E-state index in [-0.39, 0.29) is 5.91 Å². The number of hydrogen-bond acceptors (Lipinski definition) is 2. The maximum atomic E-state index is 10.9. The fourth-order valence-electron chi connectivity index (χ4n) is 2.30. The molecular weight excluding hydrogens is 240 g/mol. The van der Waals surface area contributed by atoms with Crippen LogP contribution in [0.4, 0.5) is 0 Å². The normalized spacial score (nSPS) is 10.7. The monoisotopic (exact) mass is 260 g/mol. The SMILES string of the molecule is CCc1cc2[nH]cc(CCNC(C)=O)c2cc1OC. The van der Waals surface area contributed by atoms with Crippen molar-refractivity contribution in [1.82, 2.24) is 10.3 Å². The van der Waals surface area contributed by atoms with Crippen LogP contribution in [-0.2, 0) is 17.6 Å². The van der Waals surface area contributed by atoms with E-state index in [1.807, 2.05) is 6.20 Å². The van der Waals surface area contributed by atoms with Gasteiger partial charge in [0.2, 0.25) is 5.91 Å². The molecule has 0 fully saturated rings. The third-order valence-electron chi connectivity index (χ3n) is 3.32. The molecule has 0 saturated carbocycles. The Balaban J connectivity index is 2.28. The molecule has 0 spiro atoms. The fourth-order valence-corrected chi connectivity index (χ4v) is 2.30. The van der Waals surface area contributed by atoms with Crippen LogP contribution < -0.4 is 10.1 Å². The minimum atomic E-state index is 0.00527. The van der Waals surface area contributed by atoms with Gasteiger partial charge >= 0.3 is 0 Å². The number of aromatic amines is 1. The molecule has 0 aliphatic heterocycles. The molecular formula is C15H20N2O2. The van der Waals surface area contributed by atoms with Gasteiger partial charge in [0.25, 0.3) is 0 Å². The number of aryl methyl sites for hydroxylation is 1. The number of rotatable bonds is 5. The highest BCUT2D eigenvalue weighted by molar-refractivity contribution is 5.85. The van der Waals surface area contributed by atoms with E-state index in [1.54, 1.807) is 7.11 Å². The Morgan fingerprint density at radius 3 is 2.79 bits per heavy atom. The van der Waals surface area contributed by atoms with Crippen molar-refractivity contribution in [1.29, 1.82) is 0 Å². The molecule has 0 aliphatic carbocycles. The summed E-state index contributed by atoms with van der Waals surface area (Å²) in [7, 11) is 1.70. The standard InChI is InChI=1S/C15H20N2O2/c1-4-11-7-14-13(8-15(11)19-3)12(9-17-14)5-6-16-10(2)18/h7-9,17H,4-6H2,1-3H3,(H,16,18). The van der Waals surface area contributed by atoms with E-state index in [1.165, 1.54) is 23.4 Å². The molecule has 2 N–H and O–H groups in total. The predicted molar refractivity (Wildman–Crippen MR) is 76.6 cm³/mol. The Labute approximate surface area is 113 Å². The molecule has 0 radical (unpaired) electrons. The first-order valence-electron chi connectivity index (χ1n) is 6.57. The lowest BCUT2D eigenvalue weighted by atomic mass is 10.1. The molecule has 2 rings (SSSR count). The number of aromatic nitrogens is 1. The van der Waals surface area contributed by atoms with Gasteiger partial charge in [-0.25, -0.2) is 0 Å². The van der Waals surface area contributed by atoms with Gasteiger partial charge in [-0.3, -0.25) is 4.79 Å². The first-order valence-corrected chi connectivity index (χ1v) is 6.57. The minimum absolute atomic E-state index is 0.00527. The number of carbonyl (C=O) groups excluding carboxylic acids is 1. The molecule has 0 saturated heterocycles. The van der Waals surface area contributed by atoms with Crippen LogP contribution in [0.3, 0.4) is 0 Å². The maximum Gasteiger partial charge on any atom is 0.216 e. The van der Waals surface area contributed by atoms with Crippen LogP contribution in [0.1, 0.15) is 25.0 Å². The summed E-state index contributed by atoms with van der Waals surface area (Å²) in [6.07, 6.45) is 3.76. The van der Waals surface area contributed by atoms with Crippen LogP contribution >= 0.6 is 0 Å². The zero-order valence-corrected chi connectivity index (χ0v) is 11.7. The quantitative estimate of drug-likeness (QED) is 0.867. The number of methoxy groups -OCH3 is 1. The van der Waals surface area contributed by atoms with Gasteiger partial charge in [-0.2, -0.15) is 0 Å². The Morgan fingerprint density at radius 1 is 1.37 bits per heavy atom. The van der Waals surface area contributed by atoms with Gasteiger partial charge in [-0.05, 0) is 36.1 Å². The van der Waals surface area contributed by atoms with Crippen LogP contribution in [0.25, 0.3) is 10.9 Å². The fraction of sp³-hybridized carbons (Fsp3) is 0.400. The lowest BCUT2D eigenvalue weighted by Crippen LogP contribution is -2.22. The Morgan fingerprint density at radius 2 is 2.16 bits per heavy atom. The highest BCUT2D eigenvalue weighted by Gasteiger charge is 2.09. The smallest absolute Gasteiger partial charge is 0.216 e. The van der Waals surface area contributed by atoms with E-state index < -0.39 is 0 Å². The van der Waals surface area contributed by atoms with Gasteiger partial charge in [-0.15, -0.1) is 0 Å². The summed E-state index contributed by atoms with van der Waals surface area (Å²) in [6.45, 7) is 4.30. The van der Waals surface area contributed by atoms with E-state index in [0.29, 0.717) is 6.54 Å². The van der Waals surface area contributed by atoms with E-state index in [0.717, 1.165) is 24.1 Å². The van der Waals surface area contributed by atoms with Gasteiger partial charge in [0.1, 0.15) is 5.75 Å². The van der Waals surface area contributed by atoms with Gasteiger partial charge < -0.3 is 15.0 Å². The van der Waals surface area contributed by atoms with Crippen LogP contribution in [0.15, 0.2) is 18.3 Å². The topological polar surface area (TPSA) is 54.1 Å². The van der Waals surface area contributed by atoms with Crippen molar-refractivity contribution in [2.75, 3.05) is 13.7 Å². The highest BCUT2D eigenvalue weighted by atomic mass is 16.5. The summed E-state index contributed by atoms with van der Waals surface area (Å²) in [5.41, 5.74) is 3.52. The molecule has 0 unspecified atom stereocenters. The van der Waals surface area contributed by atoms with Crippen molar-refractivity contribution >= 4 is 16.8 Å². The van der Waals surface area contributed by atoms with Crippen molar-refractivity contribution < 1.29 is 9.53 Å². The first-order chi connectivity index (χ1) is 9.15.